The van der Waals surface area contributed by atoms with Crippen molar-refractivity contribution in [2.75, 3.05) is 11.9 Å². The maximum atomic E-state index is 12.3. The summed E-state index contributed by atoms with van der Waals surface area (Å²) in [6, 6.07) is 9.91. The van der Waals surface area contributed by atoms with E-state index in [-0.39, 0.29) is 11.8 Å². The molecule has 1 aromatic carbocycles. The van der Waals surface area contributed by atoms with Gasteiger partial charge in [0, 0.05) is 31.2 Å². The van der Waals surface area contributed by atoms with Crippen LogP contribution in [0.4, 0.5) is 5.69 Å². The molecular weight excluding hydrogens is 250 g/mol. The van der Waals surface area contributed by atoms with Crippen molar-refractivity contribution >= 4 is 11.6 Å². The number of aromatic nitrogens is 1. The van der Waals surface area contributed by atoms with E-state index < -0.39 is 0 Å². The summed E-state index contributed by atoms with van der Waals surface area (Å²) < 4.78 is 0. The minimum Gasteiger partial charge on any atom is -0.384 e. The van der Waals surface area contributed by atoms with Gasteiger partial charge in [-0.3, -0.25) is 9.78 Å². The Morgan fingerprint density at radius 2 is 2.25 bits per heavy atom. The molecule has 2 heterocycles. The third-order valence-electron chi connectivity index (χ3n) is 3.74. The molecule has 0 spiro atoms. The van der Waals surface area contributed by atoms with Gasteiger partial charge in [-0.05, 0) is 35.7 Å². The zero-order chi connectivity index (χ0) is 13.9. The Labute approximate surface area is 118 Å². The van der Waals surface area contributed by atoms with Gasteiger partial charge in [0.15, 0.2) is 0 Å². The van der Waals surface area contributed by atoms with Crippen molar-refractivity contribution in [2.24, 2.45) is 0 Å². The lowest BCUT2D eigenvalue weighted by atomic mass is 10.0. The first-order valence-electron chi connectivity index (χ1n) is 6.75. The summed E-state index contributed by atoms with van der Waals surface area (Å²) in [6.45, 7) is 3.22. The number of benzene rings is 1. The van der Waals surface area contributed by atoms with E-state index in [0.29, 0.717) is 13.1 Å². The van der Waals surface area contributed by atoms with E-state index in [1.165, 1.54) is 0 Å². The first kappa shape index (κ1) is 12.7. The summed E-state index contributed by atoms with van der Waals surface area (Å²) in [4.78, 5) is 16.4. The number of carbonyl (C=O) groups is 1. The number of aryl methyl sites for hydroxylation is 1. The molecule has 3 rings (SSSR count). The van der Waals surface area contributed by atoms with Gasteiger partial charge in [0.05, 0.1) is 5.92 Å². The van der Waals surface area contributed by atoms with E-state index in [2.05, 4.69) is 15.6 Å². The van der Waals surface area contributed by atoms with Crippen LogP contribution >= 0.6 is 0 Å². The number of hydrogen-bond acceptors (Lipinski definition) is 3. The molecule has 20 heavy (non-hydrogen) atoms. The largest absolute Gasteiger partial charge is 0.384 e. The summed E-state index contributed by atoms with van der Waals surface area (Å²) >= 11 is 0. The second kappa shape index (κ2) is 5.33. The van der Waals surface area contributed by atoms with Crippen molar-refractivity contribution in [1.82, 2.24) is 10.3 Å². The maximum absolute atomic E-state index is 12.3. The zero-order valence-electron chi connectivity index (χ0n) is 11.4. The number of nitrogens with zero attached hydrogens (tertiary/aromatic N) is 1. The van der Waals surface area contributed by atoms with Crippen molar-refractivity contribution in [3.63, 3.8) is 0 Å². The summed E-state index contributed by atoms with van der Waals surface area (Å²) in [7, 11) is 0. The third kappa shape index (κ3) is 2.37. The first-order chi connectivity index (χ1) is 9.75. The van der Waals surface area contributed by atoms with Gasteiger partial charge < -0.3 is 10.6 Å². The molecule has 1 aliphatic rings. The lowest BCUT2D eigenvalue weighted by molar-refractivity contribution is -0.122. The van der Waals surface area contributed by atoms with E-state index in [4.69, 9.17) is 0 Å². The molecule has 2 aromatic rings. The second-order valence-electron chi connectivity index (χ2n) is 5.04. The van der Waals surface area contributed by atoms with E-state index in [0.717, 1.165) is 22.4 Å². The number of amides is 1. The minimum atomic E-state index is -0.103. The topological polar surface area (TPSA) is 54.0 Å². The van der Waals surface area contributed by atoms with Crippen molar-refractivity contribution in [3.05, 3.63) is 59.4 Å². The monoisotopic (exact) mass is 267 g/mol. The molecule has 0 aliphatic carbocycles. The summed E-state index contributed by atoms with van der Waals surface area (Å²) in [5, 5.41) is 6.29. The molecule has 0 saturated carbocycles. The fraction of sp³-hybridized carbons (Fsp3) is 0.250. The molecule has 0 bridgehead atoms. The number of fused-ring (bicyclic) bond motifs is 1. The zero-order valence-corrected chi connectivity index (χ0v) is 11.4. The fourth-order valence-electron chi connectivity index (χ4n) is 2.52. The van der Waals surface area contributed by atoms with E-state index in [1.54, 1.807) is 6.20 Å². The third-order valence-corrected chi connectivity index (χ3v) is 3.74. The molecule has 1 aliphatic heterocycles. The first-order valence-corrected chi connectivity index (χ1v) is 6.75. The Balaban J connectivity index is 1.68. The number of anilines is 1. The second-order valence-corrected chi connectivity index (χ2v) is 5.04. The molecule has 1 unspecified atom stereocenters. The molecule has 1 amide bonds. The number of nitrogens with one attached hydrogen (secondary N) is 2. The van der Waals surface area contributed by atoms with Gasteiger partial charge in [-0.25, -0.2) is 0 Å². The van der Waals surface area contributed by atoms with Crippen molar-refractivity contribution in [3.8, 4) is 0 Å². The Hall–Kier alpha value is -2.36. The van der Waals surface area contributed by atoms with Gasteiger partial charge >= 0.3 is 0 Å². The highest BCUT2D eigenvalue weighted by Crippen LogP contribution is 2.30. The number of pyridine rings is 1. The van der Waals surface area contributed by atoms with Crippen molar-refractivity contribution in [2.45, 2.75) is 19.4 Å². The molecule has 1 atom stereocenters. The van der Waals surface area contributed by atoms with Crippen LogP contribution in [0, 0.1) is 6.92 Å². The van der Waals surface area contributed by atoms with Crippen LogP contribution in [-0.2, 0) is 11.3 Å². The number of rotatable bonds is 3. The highest BCUT2D eigenvalue weighted by Gasteiger charge is 2.27. The van der Waals surface area contributed by atoms with Crippen LogP contribution in [0.2, 0.25) is 0 Å². The number of carbonyl (C=O) groups excluding carboxylic acids is 1. The van der Waals surface area contributed by atoms with Gasteiger partial charge in [-0.15, -0.1) is 0 Å². The highest BCUT2D eigenvalue weighted by molar-refractivity contribution is 5.88. The standard InChI is InChI=1S/C16H17N3O/c1-11-8-17-7-6-12(11)9-19-16(20)14-10-18-15-5-3-2-4-13(14)15/h2-8,14,18H,9-10H2,1H3,(H,19,20). The smallest absolute Gasteiger partial charge is 0.229 e. The van der Waals surface area contributed by atoms with Gasteiger partial charge in [0.25, 0.3) is 0 Å². The van der Waals surface area contributed by atoms with Crippen LogP contribution in [0.3, 0.4) is 0 Å². The fourth-order valence-corrected chi connectivity index (χ4v) is 2.52. The van der Waals surface area contributed by atoms with Crippen LogP contribution < -0.4 is 10.6 Å². The minimum absolute atomic E-state index is 0.0682. The molecule has 0 saturated heterocycles. The molecule has 0 fully saturated rings. The Morgan fingerprint density at radius 1 is 1.40 bits per heavy atom. The van der Waals surface area contributed by atoms with E-state index in [1.807, 2.05) is 43.5 Å². The Kier molecular flexibility index (Phi) is 3.37. The van der Waals surface area contributed by atoms with Crippen LogP contribution in [0.5, 0.6) is 0 Å². The highest BCUT2D eigenvalue weighted by atomic mass is 16.1. The van der Waals surface area contributed by atoms with Crippen LogP contribution in [0.1, 0.15) is 22.6 Å². The molecular formula is C16H17N3O. The van der Waals surface area contributed by atoms with Crippen molar-refractivity contribution < 1.29 is 4.79 Å². The molecule has 102 valence electrons. The number of para-hydroxylation sites is 1. The molecule has 2 N–H and O–H groups in total. The van der Waals surface area contributed by atoms with Crippen LogP contribution in [0.15, 0.2) is 42.7 Å². The predicted molar refractivity (Wildman–Crippen MR) is 78.5 cm³/mol. The van der Waals surface area contributed by atoms with Gasteiger partial charge in [-0.1, -0.05) is 18.2 Å². The average molecular weight is 267 g/mol. The number of hydrogen-bond donors (Lipinski definition) is 2. The Morgan fingerprint density at radius 3 is 3.10 bits per heavy atom. The molecule has 4 nitrogen and oxygen atoms in total. The Bertz CT molecular complexity index is 639. The SMILES string of the molecule is Cc1cnccc1CNC(=O)C1CNc2ccccc21. The quantitative estimate of drug-likeness (QED) is 0.896. The van der Waals surface area contributed by atoms with Gasteiger partial charge in [0.2, 0.25) is 5.91 Å². The average Bonchev–Trinajstić information content (AvgIpc) is 2.90. The molecule has 0 radical (unpaired) electrons. The van der Waals surface area contributed by atoms with Crippen LogP contribution in [0.25, 0.3) is 0 Å². The lowest BCUT2D eigenvalue weighted by Gasteiger charge is -2.12. The molecule has 1 aromatic heterocycles. The van der Waals surface area contributed by atoms with Crippen LogP contribution in [-0.4, -0.2) is 17.4 Å². The summed E-state index contributed by atoms with van der Waals surface area (Å²) in [5.41, 5.74) is 4.34. The van der Waals surface area contributed by atoms with Gasteiger partial charge in [-0.2, -0.15) is 0 Å². The van der Waals surface area contributed by atoms with E-state index >= 15 is 0 Å². The predicted octanol–water partition coefficient (Wildman–Crippen LogP) is 2.22. The normalized spacial score (nSPS) is 16.4. The summed E-state index contributed by atoms with van der Waals surface area (Å²) in [6.07, 6.45) is 3.56. The lowest BCUT2D eigenvalue weighted by Crippen LogP contribution is -2.30. The summed E-state index contributed by atoms with van der Waals surface area (Å²) in [5.74, 6) is -0.0352. The van der Waals surface area contributed by atoms with E-state index in [9.17, 15) is 4.79 Å². The van der Waals surface area contributed by atoms with Crippen molar-refractivity contribution in [1.29, 1.82) is 0 Å². The maximum Gasteiger partial charge on any atom is 0.229 e. The van der Waals surface area contributed by atoms with Gasteiger partial charge in [0.1, 0.15) is 0 Å². The molecule has 4 heteroatoms.